The molecule has 2 aliphatic heterocycles. The molecule has 6 heteroatoms. The second-order valence-corrected chi connectivity index (χ2v) is 5.90. The van der Waals surface area contributed by atoms with E-state index >= 15 is 0 Å². The monoisotopic (exact) mass is 340 g/mol. The maximum Gasteiger partial charge on any atom is 0.254 e. The molecule has 5 nitrogen and oxygen atoms in total. The lowest BCUT2D eigenvalue weighted by molar-refractivity contribution is 0.0707. The van der Waals surface area contributed by atoms with Crippen molar-refractivity contribution in [3.8, 4) is 11.5 Å². The maximum absolute atomic E-state index is 12.5. The molecule has 108 valence electrons. The molecule has 0 saturated carbocycles. The van der Waals surface area contributed by atoms with E-state index in [2.05, 4.69) is 21.2 Å². The van der Waals surface area contributed by atoms with Gasteiger partial charge in [0.25, 0.3) is 5.91 Å². The minimum atomic E-state index is 0.0542. The quantitative estimate of drug-likeness (QED) is 0.894. The van der Waals surface area contributed by atoms with Gasteiger partial charge in [0.1, 0.15) is 0 Å². The van der Waals surface area contributed by atoms with Crippen LogP contribution in [0, 0.1) is 0 Å². The average Bonchev–Trinajstić information content (AvgIpc) is 2.95. The molecule has 1 fully saturated rings. The number of carbonyl (C=O) groups is 1. The SMILES string of the molecule is CNC1CCN(C(=O)c2cc(Br)c3c(c2)OCO3)CC1. The predicted molar refractivity (Wildman–Crippen MR) is 78.3 cm³/mol. The number of carbonyl (C=O) groups excluding carboxylic acids is 1. The van der Waals surface area contributed by atoms with Crippen LogP contribution in [0.5, 0.6) is 11.5 Å². The normalized spacial score (nSPS) is 18.4. The molecule has 20 heavy (non-hydrogen) atoms. The molecule has 2 heterocycles. The second-order valence-electron chi connectivity index (χ2n) is 5.05. The fraction of sp³-hybridized carbons (Fsp3) is 0.500. The van der Waals surface area contributed by atoms with Crippen LogP contribution in [0.25, 0.3) is 0 Å². The molecule has 1 amide bonds. The molecule has 1 N–H and O–H groups in total. The van der Waals surface area contributed by atoms with Crippen LogP contribution in [0.15, 0.2) is 16.6 Å². The molecule has 0 aliphatic carbocycles. The summed E-state index contributed by atoms with van der Waals surface area (Å²) in [6.07, 6.45) is 1.99. The summed E-state index contributed by atoms with van der Waals surface area (Å²) in [5.41, 5.74) is 0.643. The zero-order valence-corrected chi connectivity index (χ0v) is 12.9. The van der Waals surface area contributed by atoms with Crippen LogP contribution in [-0.4, -0.2) is 43.8 Å². The summed E-state index contributed by atoms with van der Waals surface area (Å²) in [5, 5.41) is 3.26. The zero-order chi connectivity index (χ0) is 14.1. The van der Waals surface area contributed by atoms with Gasteiger partial charge in [-0.05, 0) is 48.0 Å². The third-order valence-electron chi connectivity index (χ3n) is 3.86. The zero-order valence-electron chi connectivity index (χ0n) is 11.3. The van der Waals surface area contributed by atoms with Crippen molar-refractivity contribution in [2.45, 2.75) is 18.9 Å². The molecule has 3 rings (SSSR count). The minimum Gasteiger partial charge on any atom is -0.454 e. The van der Waals surface area contributed by atoms with Crippen LogP contribution in [0.2, 0.25) is 0 Å². The number of ether oxygens (including phenoxy) is 2. The first-order valence-electron chi connectivity index (χ1n) is 6.74. The topological polar surface area (TPSA) is 50.8 Å². The van der Waals surface area contributed by atoms with Gasteiger partial charge in [0.05, 0.1) is 4.47 Å². The minimum absolute atomic E-state index is 0.0542. The van der Waals surface area contributed by atoms with E-state index in [0.29, 0.717) is 23.1 Å². The van der Waals surface area contributed by atoms with Crippen molar-refractivity contribution in [2.75, 3.05) is 26.9 Å². The highest BCUT2D eigenvalue weighted by Crippen LogP contribution is 2.40. The average molecular weight is 341 g/mol. The van der Waals surface area contributed by atoms with Gasteiger partial charge in [-0.15, -0.1) is 0 Å². The van der Waals surface area contributed by atoms with Crippen LogP contribution in [0.1, 0.15) is 23.2 Å². The van der Waals surface area contributed by atoms with Crippen LogP contribution < -0.4 is 14.8 Å². The number of nitrogens with zero attached hydrogens (tertiary/aromatic N) is 1. The lowest BCUT2D eigenvalue weighted by atomic mass is 10.0. The van der Waals surface area contributed by atoms with Crippen LogP contribution in [0.4, 0.5) is 0 Å². The second kappa shape index (κ2) is 5.61. The number of piperidine rings is 1. The fourth-order valence-electron chi connectivity index (χ4n) is 2.64. The summed E-state index contributed by atoms with van der Waals surface area (Å²) in [4.78, 5) is 14.4. The van der Waals surface area contributed by atoms with Crippen molar-refractivity contribution in [1.82, 2.24) is 10.2 Å². The molecule has 2 aliphatic rings. The van der Waals surface area contributed by atoms with E-state index < -0.39 is 0 Å². The third-order valence-corrected chi connectivity index (χ3v) is 4.45. The molecule has 0 aromatic heterocycles. The molecular weight excluding hydrogens is 324 g/mol. The van der Waals surface area contributed by atoms with Gasteiger partial charge in [0, 0.05) is 24.7 Å². The van der Waals surface area contributed by atoms with E-state index in [1.165, 1.54) is 0 Å². The summed E-state index contributed by atoms with van der Waals surface area (Å²) in [6, 6.07) is 4.09. The molecule has 1 aromatic carbocycles. The maximum atomic E-state index is 12.5. The largest absolute Gasteiger partial charge is 0.454 e. The van der Waals surface area contributed by atoms with Crippen LogP contribution >= 0.6 is 15.9 Å². The third kappa shape index (κ3) is 2.50. The van der Waals surface area contributed by atoms with E-state index in [9.17, 15) is 4.79 Å². The van der Waals surface area contributed by atoms with Crippen LogP contribution in [0.3, 0.4) is 0 Å². The van der Waals surface area contributed by atoms with Crippen LogP contribution in [-0.2, 0) is 0 Å². The van der Waals surface area contributed by atoms with Crippen molar-refractivity contribution in [3.05, 3.63) is 22.2 Å². The number of amides is 1. The van der Waals surface area contributed by atoms with Gasteiger partial charge in [-0.1, -0.05) is 0 Å². The lowest BCUT2D eigenvalue weighted by Gasteiger charge is -2.31. The predicted octanol–water partition coefficient (Wildman–Crippen LogP) is 2.00. The molecule has 1 saturated heterocycles. The fourth-order valence-corrected chi connectivity index (χ4v) is 3.20. The number of fused-ring (bicyclic) bond motifs is 1. The van der Waals surface area contributed by atoms with Gasteiger partial charge in [-0.2, -0.15) is 0 Å². The number of nitrogens with one attached hydrogen (secondary N) is 1. The Bertz CT molecular complexity index is 527. The summed E-state index contributed by atoms with van der Waals surface area (Å²) in [7, 11) is 1.97. The van der Waals surface area contributed by atoms with Crippen molar-refractivity contribution in [3.63, 3.8) is 0 Å². The Morgan fingerprint density at radius 1 is 1.35 bits per heavy atom. The first-order chi connectivity index (χ1) is 9.69. The summed E-state index contributed by atoms with van der Waals surface area (Å²) in [5.74, 6) is 1.36. The highest BCUT2D eigenvalue weighted by Gasteiger charge is 2.25. The molecule has 0 radical (unpaired) electrons. The van der Waals surface area contributed by atoms with Gasteiger partial charge >= 0.3 is 0 Å². The number of likely N-dealkylation sites (tertiary alicyclic amines) is 1. The highest BCUT2D eigenvalue weighted by atomic mass is 79.9. The molecule has 0 unspecified atom stereocenters. The number of halogens is 1. The number of hydrogen-bond donors (Lipinski definition) is 1. The van der Waals surface area contributed by atoms with E-state index in [1.807, 2.05) is 11.9 Å². The Labute approximate surface area is 126 Å². The first kappa shape index (κ1) is 13.7. The smallest absolute Gasteiger partial charge is 0.254 e. The summed E-state index contributed by atoms with van der Waals surface area (Å²) >= 11 is 3.43. The van der Waals surface area contributed by atoms with Gasteiger partial charge in [0.2, 0.25) is 6.79 Å². The van der Waals surface area contributed by atoms with E-state index in [0.717, 1.165) is 30.4 Å². The summed E-state index contributed by atoms with van der Waals surface area (Å²) in [6.45, 7) is 1.78. The van der Waals surface area contributed by atoms with E-state index in [-0.39, 0.29) is 12.7 Å². The molecule has 0 atom stereocenters. The number of benzene rings is 1. The van der Waals surface area contributed by atoms with Crippen molar-refractivity contribution >= 4 is 21.8 Å². The van der Waals surface area contributed by atoms with Gasteiger partial charge in [0.15, 0.2) is 11.5 Å². The Morgan fingerprint density at radius 2 is 2.10 bits per heavy atom. The Balaban J connectivity index is 1.76. The summed E-state index contributed by atoms with van der Waals surface area (Å²) < 4.78 is 11.5. The highest BCUT2D eigenvalue weighted by molar-refractivity contribution is 9.10. The van der Waals surface area contributed by atoms with Gasteiger partial charge in [-0.25, -0.2) is 0 Å². The van der Waals surface area contributed by atoms with Crippen molar-refractivity contribution in [2.24, 2.45) is 0 Å². The Hall–Kier alpha value is -1.27. The molecule has 0 spiro atoms. The first-order valence-corrected chi connectivity index (χ1v) is 7.54. The molecular formula is C14H17BrN2O3. The van der Waals surface area contributed by atoms with Gasteiger partial charge < -0.3 is 19.7 Å². The lowest BCUT2D eigenvalue weighted by Crippen LogP contribution is -2.43. The standard InChI is InChI=1S/C14H17BrN2O3/c1-16-10-2-4-17(5-3-10)14(18)9-6-11(15)13-12(7-9)19-8-20-13/h6-7,10,16H,2-5,8H2,1H3. The van der Waals surface area contributed by atoms with E-state index in [4.69, 9.17) is 9.47 Å². The number of hydrogen-bond acceptors (Lipinski definition) is 4. The molecule has 1 aromatic rings. The Morgan fingerprint density at radius 3 is 2.80 bits per heavy atom. The van der Waals surface area contributed by atoms with Crippen molar-refractivity contribution in [1.29, 1.82) is 0 Å². The Kier molecular flexibility index (Phi) is 3.85. The van der Waals surface area contributed by atoms with E-state index in [1.54, 1.807) is 12.1 Å². The van der Waals surface area contributed by atoms with Crippen molar-refractivity contribution < 1.29 is 14.3 Å². The molecule has 0 bridgehead atoms. The van der Waals surface area contributed by atoms with Gasteiger partial charge in [-0.3, -0.25) is 4.79 Å². The number of rotatable bonds is 2.